The fraction of sp³-hybridized carbons (Fsp3) is 0.611. The molecule has 3 heteroatoms. The molecule has 3 rings (SSSR count). The Morgan fingerprint density at radius 1 is 1.24 bits per heavy atom. The van der Waals surface area contributed by atoms with Gasteiger partial charge in [0.15, 0.2) is 0 Å². The largest absolute Gasteiger partial charge is 0.481 e. The van der Waals surface area contributed by atoms with Crippen molar-refractivity contribution in [3.63, 3.8) is 0 Å². The van der Waals surface area contributed by atoms with Crippen LogP contribution in [0.25, 0.3) is 0 Å². The number of fused-ring (bicyclic) bond motifs is 1. The number of carbonyl (C=O) groups is 1. The summed E-state index contributed by atoms with van der Waals surface area (Å²) in [6, 6.07) is 4.17. The van der Waals surface area contributed by atoms with Gasteiger partial charge in [0.05, 0.1) is 5.41 Å². The van der Waals surface area contributed by atoms with Gasteiger partial charge in [0.2, 0.25) is 0 Å². The molecular formula is C18H23ClO2. The van der Waals surface area contributed by atoms with Gasteiger partial charge in [-0.1, -0.05) is 36.9 Å². The van der Waals surface area contributed by atoms with E-state index in [9.17, 15) is 9.90 Å². The molecule has 21 heavy (non-hydrogen) atoms. The van der Waals surface area contributed by atoms with Crippen LogP contribution in [0.2, 0.25) is 5.02 Å². The van der Waals surface area contributed by atoms with E-state index in [-0.39, 0.29) is 0 Å². The lowest BCUT2D eigenvalue weighted by molar-refractivity contribution is -0.143. The number of hydrogen-bond acceptors (Lipinski definition) is 1. The van der Waals surface area contributed by atoms with E-state index >= 15 is 0 Å². The van der Waals surface area contributed by atoms with Crippen molar-refractivity contribution in [2.75, 3.05) is 0 Å². The van der Waals surface area contributed by atoms with Crippen LogP contribution in [0.3, 0.4) is 0 Å². The van der Waals surface area contributed by atoms with Crippen LogP contribution in [-0.2, 0) is 16.6 Å². The van der Waals surface area contributed by atoms with Gasteiger partial charge >= 0.3 is 5.97 Å². The normalized spacial score (nSPS) is 26.4. The van der Waals surface area contributed by atoms with Crippen molar-refractivity contribution in [1.29, 1.82) is 0 Å². The predicted molar refractivity (Wildman–Crippen MR) is 85.2 cm³/mol. The molecule has 1 fully saturated rings. The lowest BCUT2D eigenvalue weighted by Crippen LogP contribution is -2.36. The maximum atomic E-state index is 11.7. The summed E-state index contributed by atoms with van der Waals surface area (Å²) >= 11 is 6.53. The molecule has 0 amide bonds. The van der Waals surface area contributed by atoms with E-state index in [1.165, 1.54) is 43.2 Å². The molecule has 1 unspecified atom stereocenters. The number of carboxylic acids is 1. The Morgan fingerprint density at radius 2 is 1.95 bits per heavy atom. The van der Waals surface area contributed by atoms with Gasteiger partial charge in [-0.25, -0.2) is 0 Å². The van der Waals surface area contributed by atoms with E-state index < -0.39 is 11.4 Å². The fourth-order valence-electron chi connectivity index (χ4n) is 4.07. The number of aryl methyl sites for hydroxylation is 1. The highest BCUT2D eigenvalue weighted by atomic mass is 35.5. The number of hydrogen-bond donors (Lipinski definition) is 1. The summed E-state index contributed by atoms with van der Waals surface area (Å²) in [5.74, 6) is -0.167. The average molecular weight is 307 g/mol. The number of benzene rings is 1. The molecule has 1 aromatic rings. The molecule has 0 radical (unpaired) electrons. The molecule has 2 aliphatic carbocycles. The highest BCUT2D eigenvalue weighted by molar-refractivity contribution is 6.31. The molecule has 0 heterocycles. The molecular weight excluding hydrogens is 284 g/mol. The Bertz CT molecular complexity index is 561. The van der Waals surface area contributed by atoms with Crippen molar-refractivity contribution >= 4 is 17.6 Å². The Morgan fingerprint density at radius 3 is 2.62 bits per heavy atom. The Labute approximate surface area is 131 Å². The van der Waals surface area contributed by atoms with Crippen molar-refractivity contribution in [1.82, 2.24) is 0 Å². The summed E-state index contributed by atoms with van der Waals surface area (Å²) in [4.78, 5) is 11.7. The summed E-state index contributed by atoms with van der Waals surface area (Å²) in [6.45, 7) is 1.84. The molecule has 114 valence electrons. The predicted octanol–water partition coefficient (Wildman–Crippen LogP) is 5.07. The summed E-state index contributed by atoms with van der Waals surface area (Å²) in [7, 11) is 0. The van der Waals surface area contributed by atoms with Crippen LogP contribution in [0.15, 0.2) is 12.1 Å². The van der Waals surface area contributed by atoms with Gasteiger partial charge in [0.25, 0.3) is 0 Å². The maximum Gasteiger partial charge on any atom is 0.313 e. The van der Waals surface area contributed by atoms with Crippen molar-refractivity contribution in [3.05, 3.63) is 33.8 Å². The van der Waals surface area contributed by atoms with Crippen LogP contribution in [-0.4, -0.2) is 11.1 Å². The Kier molecular flexibility index (Phi) is 4.00. The van der Waals surface area contributed by atoms with Crippen LogP contribution >= 0.6 is 11.6 Å². The zero-order valence-electron chi connectivity index (χ0n) is 12.6. The first kappa shape index (κ1) is 14.9. The van der Waals surface area contributed by atoms with Crippen LogP contribution in [0.4, 0.5) is 0 Å². The fourth-order valence-corrected chi connectivity index (χ4v) is 4.39. The number of carboxylic acid groups (broad SMARTS) is 1. The van der Waals surface area contributed by atoms with Gasteiger partial charge < -0.3 is 5.11 Å². The minimum Gasteiger partial charge on any atom is -0.481 e. The third kappa shape index (κ3) is 2.59. The second-order valence-corrected chi connectivity index (χ2v) is 7.26. The van der Waals surface area contributed by atoms with Gasteiger partial charge in [-0.15, -0.1) is 0 Å². The van der Waals surface area contributed by atoms with E-state index in [1.54, 1.807) is 0 Å². The minimum atomic E-state index is -0.775. The minimum absolute atomic E-state index is 0.564. The van der Waals surface area contributed by atoms with Gasteiger partial charge in [-0.3, -0.25) is 4.79 Å². The van der Waals surface area contributed by atoms with Gasteiger partial charge in [-0.2, -0.15) is 0 Å². The van der Waals surface area contributed by atoms with Crippen molar-refractivity contribution in [2.45, 2.75) is 69.6 Å². The molecule has 0 saturated heterocycles. The second kappa shape index (κ2) is 5.64. The molecule has 1 aromatic carbocycles. The van der Waals surface area contributed by atoms with E-state index in [0.29, 0.717) is 12.3 Å². The SMILES string of the molecule is CC1(C(=O)O)CCCc2cc(C3CCCCC3)c(Cl)cc21. The first-order valence-electron chi connectivity index (χ1n) is 8.08. The number of aliphatic carboxylic acids is 1. The first-order valence-corrected chi connectivity index (χ1v) is 8.46. The highest BCUT2D eigenvalue weighted by Crippen LogP contribution is 2.43. The van der Waals surface area contributed by atoms with Crippen molar-refractivity contribution in [3.8, 4) is 0 Å². The van der Waals surface area contributed by atoms with Gasteiger partial charge in [-0.05, 0) is 67.7 Å². The van der Waals surface area contributed by atoms with E-state index in [2.05, 4.69) is 6.07 Å². The molecule has 2 aliphatic rings. The third-order valence-corrected chi connectivity index (χ3v) is 5.78. The molecule has 0 bridgehead atoms. The standard InChI is InChI=1S/C18H23ClO2/c1-18(17(20)21)9-5-8-13-10-14(16(19)11-15(13)18)12-6-3-2-4-7-12/h10-12H,2-9H2,1H3,(H,20,21). The summed E-state index contributed by atoms with van der Waals surface area (Å²) in [6.07, 6.45) is 8.96. The van der Waals surface area contributed by atoms with E-state index in [4.69, 9.17) is 11.6 Å². The smallest absolute Gasteiger partial charge is 0.313 e. The highest BCUT2D eigenvalue weighted by Gasteiger charge is 2.39. The zero-order valence-corrected chi connectivity index (χ0v) is 13.4. The molecule has 2 nitrogen and oxygen atoms in total. The summed E-state index contributed by atoms with van der Waals surface area (Å²) < 4.78 is 0. The van der Waals surface area contributed by atoms with E-state index in [0.717, 1.165) is 23.4 Å². The van der Waals surface area contributed by atoms with E-state index in [1.807, 2.05) is 13.0 Å². The lowest BCUT2D eigenvalue weighted by Gasteiger charge is -2.34. The second-order valence-electron chi connectivity index (χ2n) is 6.86. The van der Waals surface area contributed by atoms with Gasteiger partial charge in [0.1, 0.15) is 0 Å². The first-order chi connectivity index (χ1) is 10.0. The van der Waals surface area contributed by atoms with Crippen LogP contribution in [0, 0.1) is 0 Å². The number of rotatable bonds is 2. The Balaban J connectivity index is 2.03. The molecule has 0 aliphatic heterocycles. The molecule has 0 spiro atoms. The lowest BCUT2D eigenvalue weighted by atomic mass is 9.70. The third-order valence-electron chi connectivity index (χ3n) is 5.46. The molecule has 0 aromatic heterocycles. The zero-order chi connectivity index (χ0) is 15.0. The topological polar surface area (TPSA) is 37.3 Å². The maximum absolute atomic E-state index is 11.7. The van der Waals surface area contributed by atoms with Crippen LogP contribution in [0.1, 0.15) is 74.5 Å². The van der Waals surface area contributed by atoms with Gasteiger partial charge in [0, 0.05) is 5.02 Å². The Hall–Kier alpha value is -1.02. The average Bonchev–Trinajstić information content (AvgIpc) is 2.48. The molecule has 1 N–H and O–H groups in total. The quantitative estimate of drug-likeness (QED) is 0.828. The van der Waals surface area contributed by atoms with Crippen LogP contribution < -0.4 is 0 Å². The van der Waals surface area contributed by atoms with Crippen molar-refractivity contribution in [2.24, 2.45) is 0 Å². The summed E-state index contributed by atoms with van der Waals surface area (Å²) in [5, 5.41) is 10.4. The molecule has 1 saturated carbocycles. The number of halogens is 1. The monoisotopic (exact) mass is 306 g/mol. The summed E-state index contributed by atoms with van der Waals surface area (Å²) in [5.41, 5.74) is 2.62. The van der Waals surface area contributed by atoms with Crippen LogP contribution in [0.5, 0.6) is 0 Å². The molecule has 1 atom stereocenters. The van der Waals surface area contributed by atoms with Crippen molar-refractivity contribution < 1.29 is 9.90 Å².